The molecule has 1 atom stereocenters. The summed E-state index contributed by atoms with van der Waals surface area (Å²) in [6.07, 6.45) is 0.749. The van der Waals surface area contributed by atoms with Crippen LogP contribution in [-0.4, -0.2) is 54.2 Å². The van der Waals surface area contributed by atoms with Crippen LogP contribution in [0.5, 0.6) is 0 Å². The highest BCUT2D eigenvalue weighted by Gasteiger charge is 2.31. The number of carbonyl (C=O) groups is 4. The molecule has 0 N–H and O–H groups in total. The Hall–Kier alpha value is -3.19. The number of anilines is 1. The maximum atomic E-state index is 12.9. The van der Waals surface area contributed by atoms with Gasteiger partial charge in [0.2, 0.25) is 11.7 Å². The third kappa shape index (κ3) is 4.99. The van der Waals surface area contributed by atoms with E-state index in [1.165, 1.54) is 6.92 Å². The van der Waals surface area contributed by atoms with Crippen molar-refractivity contribution in [2.45, 2.75) is 39.2 Å². The standard InChI is InChI=1S/C26H27ClN2O5/c1-16(24(31)21-5-8-23-20(15-21)11-14-29(23)17(2)30)34-26(33)19-9-12-28(13-10-19)25(32)18-3-6-22(27)7-4-18/h3-8,15-16,19H,9-14H2,1-2H3. The summed E-state index contributed by atoms with van der Waals surface area (Å²) < 4.78 is 5.51. The largest absolute Gasteiger partial charge is 0.454 e. The molecule has 0 aromatic heterocycles. The molecule has 0 aliphatic carbocycles. The fourth-order valence-electron chi connectivity index (χ4n) is 4.53. The van der Waals surface area contributed by atoms with Crippen LogP contribution in [0.4, 0.5) is 5.69 Å². The lowest BCUT2D eigenvalue weighted by atomic mass is 9.96. The molecule has 2 heterocycles. The maximum absolute atomic E-state index is 12.9. The van der Waals surface area contributed by atoms with Crippen LogP contribution in [0.15, 0.2) is 42.5 Å². The van der Waals surface area contributed by atoms with E-state index in [0.717, 1.165) is 11.3 Å². The Morgan fingerprint density at radius 1 is 0.971 bits per heavy atom. The number of rotatable bonds is 5. The predicted molar refractivity (Wildman–Crippen MR) is 128 cm³/mol. The van der Waals surface area contributed by atoms with Crippen LogP contribution in [0.1, 0.15) is 53.0 Å². The molecule has 2 aliphatic heterocycles. The molecular formula is C26H27ClN2O5. The maximum Gasteiger partial charge on any atom is 0.309 e. The minimum atomic E-state index is -0.912. The molecule has 0 bridgehead atoms. The first-order valence-electron chi connectivity index (χ1n) is 11.4. The highest BCUT2D eigenvalue weighted by molar-refractivity contribution is 6.30. The van der Waals surface area contributed by atoms with E-state index in [4.69, 9.17) is 16.3 Å². The second kappa shape index (κ2) is 9.97. The topological polar surface area (TPSA) is 84.0 Å². The molecule has 1 fully saturated rings. The zero-order valence-corrected chi connectivity index (χ0v) is 20.0. The van der Waals surface area contributed by atoms with Crippen molar-refractivity contribution in [3.8, 4) is 0 Å². The summed E-state index contributed by atoms with van der Waals surface area (Å²) in [5, 5.41) is 0.569. The Kier molecular flexibility index (Phi) is 7.03. The molecule has 7 nitrogen and oxygen atoms in total. The first-order chi connectivity index (χ1) is 16.2. The van der Waals surface area contributed by atoms with E-state index in [0.29, 0.717) is 55.0 Å². The number of likely N-dealkylation sites (tertiary alicyclic amines) is 1. The molecule has 2 aromatic carbocycles. The summed E-state index contributed by atoms with van der Waals surface area (Å²) in [7, 11) is 0. The smallest absolute Gasteiger partial charge is 0.309 e. The van der Waals surface area contributed by atoms with Crippen molar-refractivity contribution in [3.05, 3.63) is 64.2 Å². The van der Waals surface area contributed by atoms with Crippen LogP contribution in [0, 0.1) is 5.92 Å². The van der Waals surface area contributed by atoms with Gasteiger partial charge in [-0.3, -0.25) is 19.2 Å². The zero-order valence-electron chi connectivity index (χ0n) is 19.3. The van der Waals surface area contributed by atoms with Gasteiger partial charge in [0.05, 0.1) is 5.92 Å². The summed E-state index contributed by atoms with van der Waals surface area (Å²) in [6, 6.07) is 12.0. The molecule has 2 amide bonds. The highest BCUT2D eigenvalue weighted by Crippen LogP contribution is 2.29. The van der Waals surface area contributed by atoms with Gasteiger partial charge in [-0.25, -0.2) is 0 Å². The summed E-state index contributed by atoms with van der Waals surface area (Å²) in [4.78, 5) is 53.4. The second-order valence-electron chi connectivity index (χ2n) is 8.78. The van der Waals surface area contributed by atoms with Crippen LogP contribution in [-0.2, 0) is 20.7 Å². The average Bonchev–Trinajstić information content (AvgIpc) is 3.27. The number of Topliss-reactive ketones (excluding diaryl/α,β-unsaturated/α-hetero) is 1. The fraction of sp³-hybridized carbons (Fsp3) is 0.385. The van der Waals surface area contributed by atoms with E-state index < -0.39 is 12.1 Å². The number of benzene rings is 2. The van der Waals surface area contributed by atoms with Crippen molar-refractivity contribution < 1.29 is 23.9 Å². The molecule has 0 spiro atoms. The number of ether oxygens (including phenoxy) is 1. The third-order valence-electron chi connectivity index (χ3n) is 6.51. The molecule has 34 heavy (non-hydrogen) atoms. The summed E-state index contributed by atoms with van der Waals surface area (Å²) in [6.45, 7) is 4.59. The molecular weight excluding hydrogens is 456 g/mol. The van der Waals surface area contributed by atoms with Gasteiger partial charge in [-0.2, -0.15) is 0 Å². The Labute approximate surface area is 203 Å². The molecule has 2 aromatic rings. The summed E-state index contributed by atoms with van der Waals surface area (Å²) in [5.74, 6) is -1.15. The van der Waals surface area contributed by atoms with E-state index in [1.807, 2.05) is 0 Å². The van der Waals surface area contributed by atoms with Crippen molar-refractivity contribution in [1.82, 2.24) is 4.90 Å². The second-order valence-corrected chi connectivity index (χ2v) is 9.22. The van der Waals surface area contributed by atoms with Crippen molar-refractivity contribution in [2.24, 2.45) is 5.92 Å². The van der Waals surface area contributed by atoms with E-state index >= 15 is 0 Å². The molecule has 4 rings (SSSR count). The number of hydrogen-bond acceptors (Lipinski definition) is 5. The van der Waals surface area contributed by atoms with E-state index in [9.17, 15) is 19.2 Å². The molecule has 0 saturated carbocycles. The van der Waals surface area contributed by atoms with Gasteiger partial charge in [0.1, 0.15) is 0 Å². The van der Waals surface area contributed by atoms with E-state index in [2.05, 4.69) is 0 Å². The lowest BCUT2D eigenvalue weighted by Crippen LogP contribution is -2.41. The average molecular weight is 483 g/mol. The summed E-state index contributed by atoms with van der Waals surface area (Å²) in [5.41, 5.74) is 2.80. The normalized spacial score (nSPS) is 16.7. The summed E-state index contributed by atoms with van der Waals surface area (Å²) >= 11 is 5.89. The number of esters is 1. The van der Waals surface area contributed by atoms with Gasteiger partial charge in [-0.1, -0.05) is 11.6 Å². The molecule has 1 unspecified atom stereocenters. The van der Waals surface area contributed by atoms with Crippen molar-refractivity contribution >= 4 is 40.9 Å². The van der Waals surface area contributed by atoms with E-state index in [-0.39, 0.29) is 23.5 Å². The van der Waals surface area contributed by atoms with Crippen LogP contribution in [0.2, 0.25) is 5.02 Å². The van der Waals surface area contributed by atoms with Crippen molar-refractivity contribution in [2.75, 3.05) is 24.5 Å². The Morgan fingerprint density at radius 3 is 2.26 bits per heavy atom. The number of fused-ring (bicyclic) bond motifs is 1. The molecule has 2 aliphatic rings. The minimum Gasteiger partial charge on any atom is -0.454 e. The Balaban J connectivity index is 1.31. The number of piperidine rings is 1. The number of halogens is 1. The number of amides is 2. The van der Waals surface area contributed by atoms with Crippen LogP contribution in [0.3, 0.4) is 0 Å². The third-order valence-corrected chi connectivity index (χ3v) is 6.76. The minimum absolute atomic E-state index is 0.0268. The number of ketones is 1. The van der Waals surface area contributed by atoms with Gasteiger partial charge < -0.3 is 14.5 Å². The van der Waals surface area contributed by atoms with Crippen LogP contribution in [0.25, 0.3) is 0 Å². The first kappa shape index (κ1) is 24.0. The Morgan fingerprint density at radius 2 is 1.62 bits per heavy atom. The molecule has 178 valence electrons. The van der Waals surface area contributed by atoms with Crippen LogP contribution < -0.4 is 4.90 Å². The van der Waals surface area contributed by atoms with Gasteiger partial charge in [0.15, 0.2) is 6.10 Å². The fourth-order valence-corrected chi connectivity index (χ4v) is 4.66. The van der Waals surface area contributed by atoms with Crippen molar-refractivity contribution in [1.29, 1.82) is 0 Å². The van der Waals surface area contributed by atoms with Gasteiger partial charge in [-0.15, -0.1) is 0 Å². The molecule has 0 radical (unpaired) electrons. The zero-order chi connectivity index (χ0) is 24.4. The number of hydrogen-bond donors (Lipinski definition) is 0. The lowest BCUT2D eigenvalue weighted by Gasteiger charge is -2.31. The van der Waals surface area contributed by atoms with Gasteiger partial charge in [0, 0.05) is 48.4 Å². The monoisotopic (exact) mass is 482 g/mol. The number of carbonyl (C=O) groups excluding carboxylic acids is 4. The molecule has 8 heteroatoms. The number of nitrogens with zero attached hydrogens (tertiary/aromatic N) is 2. The van der Waals surface area contributed by atoms with Crippen LogP contribution >= 0.6 is 11.6 Å². The molecule has 1 saturated heterocycles. The first-order valence-corrected chi connectivity index (χ1v) is 11.8. The lowest BCUT2D eigenvalue weighted by molar-refractivity contribution is -0.152. The van der Waals surface area contributed by atoms with Crippen molar-refractivity contribution in [3.63, 3.8) is 0 Å². The quantitative estimate of drug-likeness (QED) is 0.476. The van der Waals surface area contributed by atoms with Gasteiger partial charge in [0.25, 0.3) is 5.91 Å². The SMILES string of the molecule is CC(=O)N1CCc2cc(C(=O)C(C)OC(=O)C3CCN(C(=O)c4ccc(Cl)cc4)CC3)ccc21. The Bertz CT molecular complexity index is 1120. The van der Waals surface area contributed by atoms with Gasteiger partial charge >= 0.3 is 5.97 Å². The predicted octanol–water partition coefficient (Wildman–Crippen LogP) is 3.92. The highest BCUT2D eigenvalue weighted by atomic mass is 35.5. The van der Waals surface area contributed by atoms with E-state index in [1.54, 1.807) is 59.2 Å². The van der Waals surface area contributed by atoms with Gasteiger partial charge in [-0.05, 0) is 74.2 Å².